The molecule has 26 heavy (non-hydrogen) atoms. The number of aromatic nitrogens is 2. The van der Waals surface area contributed by atoms with E-state index < -0.39 is 0 Å². The Bertz CT molecular complexity index is 966. The fraction of sp³-hybridized carbons (Fsp3) is 0.0556. The summed E-state index contributed by atoms with van der Waals surface area (Å²) >= 11 is 12.1. The predicted octanol–water partition coefficient (Wildman–Crippen LogP) is 4.39. The van der Waals surface area contributed by atoms with Gasteiger partial charge in [0.05, 0.1) is 23.2 Å². The highest BCUT2D eigenvalue weighted by Crippen LogP contribution is 2.22. The van der Waals surface area contributed by atoms with E-state index >= 15 is 0 Å². The van der Waals surface area contributed by atoms with Crippen LogP contribution in [-0.4, -0.2) is 21.9 Å². The molecule has 0 aliphatic rings. The predicted molar refractivity (Wildman–Crippen MR) is 99.8 cm³/mol. The van der Waals surface area contributed by atoms with Crippen LogP contribution in [0.2, 0.25) is 10.2 Å². The van der Waals surface area contributed by atoms with Crippen LogP contribution in [0.3, 0.4) is 0 Å². The lowest BCUT2D eigenvalue weighted by atomic mass is 10.2. The van der Waals surface area contributed by atoms with Crippen molar-refractivity contribution in [3.8, 4) is 5.69 Å². The van der Waals surface area contributed by atoms with Gasteiger partial charge in [-0.05, 0) is 55.5 Å². The number of amides is 1. The molecule has 1 amide bonds. The zero-order valence-electron chi connectivity index (χ0n) is 13.6. The van der Waals surface area contributed by atoms with Crippen LogP contribution in [0.4, 0.5) is 4.39 Å². The molecule has 2 aromatic carbocycles. The van der Waals surface area contributed by atoms with E-state index in [1.165, 1.54) is 23.0 Å². The van der Waals surface area contributed by atoms with Crippen LogP contribution < -0.4 is 5.43 Å². The maximum absolute atomic E-state index is 13.1. The first-order valence-electron chi connectivity index (χ1n) is 7.56. The summed E-state index contributed by atoms with van der Waals surface area (Å²) in [4.78, 5) is 12.0. The van der Waals surface area contributed by atoms with Gasteiger partial charge in [-0.15, -0.1) is 0 Å². The lowest BCUT2D eigenvalue weighted by Gasteiger charge is -2.02. The van der Waals surface area contributed by atoms with E-state index in [0.29, 0.717) is 32.7 Å². The molecule has 132 valence electrons. The Kier molecular flexibility index (Phi) is 5.35. The number of halogens is 3. The average Bonchev–Trinajstić information content (AvgIpc) is 2.91. The molecule has 8 heteroatoms. The van der Waals surface area contributed by atoms with E-state index in [0.717, 1.165) is 0 Å². The van der Waals surface area contributed by atoms with Crippen molar-refractivity contribution in [3.63, 3.8) is 0 Å². The number of carbonyl (C=O) groups is 1. The van der Waals surface area contributed by atoms with E-state index in [2.05, 4.69) is 15.6 Å². The molecule has 0 spiro atoms. The number of hydrogen-bond donors (Lipinski definition) is 1. The van der Waals surface area contributed by atoms with Gasteiger partial charge in [-0.3, -0.25) is 4.79 Å². The molecule has 0 aliphatic carbocycles. The number of hydrazone groups is 1. The van der Waals surface area contributed by atoms with Crippen molar-refractivity contribution in [1.82, 2.24) is 15.2 Å². The van der Waals surface area contributed by atoms with Crippen molar-refractivity contribution in [3.05, 3.63) is 81.3 Å². The molecular weight excluding hydrogens is 378 g/mol. The molecule has 0 aliphatic heterocycles. The van der Waals surface area contributed by atoms with Crippen LogP contribution in [0.5, 0.6) is 0 Å². The topological polar surface area (TPSA) is 59.3 Å². The molecule has 0 atom stereocenters. The fourth-order valence-electron chi connectivity index (χ4n) is 2.23. The van der Waals surface area contributed by atoms with Crippen molar-refractivity contribution in [2.45, 2.75) is 6.92 Å². The zero-order valence-corrected chi connectivity index (χ0v) is 15.1. The Balaban J connectivity index is 1.77. The summed E-state index contributed by atoms with van der Waals surface area (Å²) in [7, 11) is 0. The lowest BCUT2D eigenvalue weighted by molar-refractivity contribution is 0.0955. The molecule has 0 radical (unpaired) electrons. The minimum atomic E-state index is -0.377. The Hall–Kier alpha value is -2.70. The summed E-state index contributed by atoms with van der Waals surface area (Å²) in [6.45, 7) is 1.76. The van der Waals surface area contributed by atoms with E-state index in [-0.39, 0.29) is 11.7 Å². The summed E-state index contributed by atoms with van der Waals surface area (Å²) in [5.74, 6) is -0.724. The molecule has 0 unspecified atom stereocenters. The van der Waals surface area contributed by atoms with Gasteiger partial charge in [-0.2, -0.15) is 10.2 Å². The molecule has 3 rings (SSSR count). The van der Waals surface area contributed by atoms with Crippen molar-refractivity contribution in [2.24, 2.45) is 5.10 Å². The second-order valence-electron chi connectivity index (χ2n) is 5.38. The van der Waals surface area contributed by atoms with Crippen LogP contribution in [0.25, 0.3) is 5.69 Å². The van der Waals surface area contributed by atoms with Crippen molar-refractivity contribution >= 4 is 35.3 Å². The second-order valence-corrected chi connectivity index (χ2v) is 6.18. The first kappa shape index (κ1) is 18.1. The Morgan fingerprint density at radius 1 is 1.15 bits per heavy atom. The third-order valence-electron chi connectivity index (χ3n) is 3.59. The van der Waals surface area contributed by atoms with Gasteiger partial charge >= 0.3 is 0 Å². The highest BCUT2D eigenvalue weighted by atomic mass is 35.5. The highest BCUT2D eigenvalue weighted by Gasteiger charge is 2.13. The number of nitrogens with one attached hydrogen (secondary N) is 1. The van der Waals surface area contributed by atoms with Gasteiger partial charge in [-0.25, -0.2) is 14.5 Å². The number of carbonyl (C=O) groups excluding carboxylic acids is 1. The number of hydrogen-bond acceptors (Lipinski definition) is 3. The highest BCUT2D eigenvalue weighted by molar-refractivity contribution is 6.32. The summed E-state index contributed by atoms with van der Waals surface area (Å²) in [6, 6.07) is 12.2. The minimum absolute atomic E-state index is 0.304. The summed E-state index contributed by atoms with van der Waals surface area (Å²) in [5, 5.41) is 9.09. The summed E-state index contributed by atoms with van der Waals surface area (Å²) in [5.41, 5.74) is 4.63. The second kappa shape index (κ2) is 7.68. The first-order valence-corrected chi connectivity index (χ1v) is 8.31. The van der Waals surface area contributed by atoms with E-state index in [1.54, 1.807) is 43.3 Å². The third-order valence-corrected chi connectivity index (χ3v) is 4.20. The van der Waals surface area contributed by atoms with Crippen molar-refractivity contribution < 1.29 is 9.18 Å². The normalized spacial score (nSPS) is 11.1. The smallest absolute Gasteiger partial charge is 0.267 e. The van der Waals surface area contributed by atoms with Gasteiger partial charge in [-0.1, -0.05) is 23.2 Å². The molecular formula is C18H13Cl2FN4O. The van der Waals surface area contributed by atoms with Gasteiger partial charge in [0.25, 0.3) is 5.91 Å². The Morgan fingerprint density at radius 3 is 2.46 bits per heavy atom. The SMILES string of the molecule is Cc1nn(-c2ccc(F)cc2)c(Cl)c1/C=N/NC(=O)c1ccc(Cl)cc1. The molecule has 0 saturated heterocycles. The average molecular weight is 391 g/mol. The minimum Gasteiger partial charge on any atom is -0.267 e. The zero-order chi connectivity index (χ0) is 18.7. The van der Waals surface area contributed by atoms with Crippen molar-refractivity contribution in [2.75, 3.05) is 0 Å². The first-order chi connectivity index (χ1) is 12.5. The number of benzene rings is 2. The van der Waals surface area contributed by atoms with E-state index in [9.17, 15) is 9.18 Å². The molecule has 5 nitrogen and oxygen atoms in total. The van der Waals surface area contributed by atoms with E-state index in [4.69, 9.17) is 23.2 Å². The molecule has 1 heterocycles. The number of nitrogens with zero attached hydrogens (tertiary/aromatic N) is 3. The Labute approximate surface area is 159 Å². The summed E-state index contributed by atoms with van der Waals surface area (Å²) in [6.07, 6.45) is 1.42. The van der Waals surface area contributed by atoms with Gasteiger partial charge < -0.3 is 0 Å². The molecule has 1 aromatic heterocycles. The maximum Gasteiger partial charge on any atom is 0.271 e. The van der Waals surface area contributed by atoms with Crippen LogP contribution in [0.15, 0.2) is 53.6 Å². The van der Waals surface area contributed by atoms with Gasteiger partial charge in [0.15, 0.2) is 0 Å². The molecule has 0 bridgehead atoms. The standard InChI is InChI=1S/C18H13Cl2FN4O/c1-11-16(10-22-23-18(26)12-2-4-13(19)5-3-12)17(20)25(24-11)15-8-6-14(21)7-9-15/h2-10H,1H3,(H,23,26)/b22-10+. The maximum atomic E-state index is 13.1. The molecule has 0 fully saturated rings. The quantitative estimate of drug-likeness (QED) is 0.530. The van der Waals surface area contributed by atoms with Gasteiger partial charge in [0, 0.05) is 10.6 Å². The van der Waals surface area contributed by atoms with Crippen LogP contribution in [0, 0.1) is 12.7 Å². The van der Waals surface area contributed by atoms with Crippen LogP contribution >= 0.6 is 23.2 Å². The largest absolute Gasteiger partial charge is 0.271 e. The third kappa shape index (κ3) is 3.92. The fourth-order valence-corrected chi connectivity index (χ4v) is 2.68. The number of rotatable bonds is 4. The molecule has 3 aromatic rings. The number of aryl methyl sites for hydroxylation is 1. The van der Waals surface area contributed by atoms with Crippen molar-refractivity contribution in [1.29, 1.82) is 0 Å². The monoisotopic (exact) mass is 390 g/mol. The lowest BCUT2D eigenvalue weighted by Crippen LogP contribution is -2.17. The van der Waals surface area contributed by atoms with Gasteiger partial charge in [0.2, 0.25) is 0 Å². The Morgan fingerprint density at radius 2 is 1.81 bits per heavy atom. The molecule has 0 saturated carbocycles. The summed E-state index contributed by atoms with van der Waals surface area (Å²) < 4.78 is 14.5. The van der Waals surface area contributed by atoms with Crippen LogP contribution in [0.1, 0.15) is 21.6 Å². The molecule has 1 N–H and O–H groups in total. The van der Waals surface area contributed by atoms with E-state index in [1.807, 2.05) is 0 Å². The van der Waals surface area contributed by atoms with Gasteiger partial charge in [0.1, 0.15) is 11.0 Å². The van der Waals surface area contributed by atoms with Crippen LogP contribution in [-0.2, 0) is 0 Å².